The minimum Gasteiger partial charge on any atom is -0.368 e. The highest BCUT2D eigenvalue weighted by Gasteiger charge is 2.39. The molecule has 198 valence electrons. The Morgan fingerprint density at radius 3 is 2.09 bits per heavy atom. The molecule has 1 saturated heterocycles. The molecule has 1 aliphatic carbocycles. The van der Waals surface area contributed by atoms with Crippen LogP contribution >= 0.6 is 11.9 Å². The number of nitrogens with two attached hydrogens (primary N) is 1. The minimum absolute atomic E-state index is 0.0656. The van der Waals surface area contributed by atoms with Crippen LogP contribution in [0.25, 0.3) is 0 Å². The van der Waals surface area contributed by atoms with Crippen LogP contribution in [0.5, 0.6) is 0 Å². The van der Waals surface area contributed by atoms with Crippen LogP contribution in [0.15, 0.2) is 0 Å². The lowest BCUT2D eigenvalue weighted by molar-refractivity contribution is -0.140. The third-order valence-corrected chi connectivity index (χ3v) is 5.56. The number of rotatable bonds is 8. The second-order valence-electron chi connectivity index (χ2n) is 7.85. The van der Waals surface area contributed by atoms with Crippen LogP contribution in [0.1, 0.15) is 66.7 Å². The van der Waals surface area contributed by atoms with Gasteiger partial charge in [-0.15, -0.1) is 0 Å². The van der Waals surface area contributed by atoms with E-state index in [1.54, 1.807) is 13.8 Å². The quantitative estimate of drug-likeness (QED) is 0.251. The van der Waals surface area contributed by atoms with E-state index < -0.39 is 23.9 Å². The molecule has 0 spiro atoms. The maximum atomic E-state index is 12.4. The molecule has 1 saturated carbocycles. The van der Waals surface area contributed by atoms with Crippen molar-refractivity contribution in [3.63, 3.8) is 0 Å². The van der Waals surface area contributed by atoms with Crippen molar-refractivity contribution in [3.05, 3.63) is 0 Å². The van der Waals surface area contributed by atoms with Crippen LogP contribution in [0.2, 0.25) is 0 Å². The van der Waals surface area contributed by atoms with Crippen molar-refractivity contribution in [2.45, 2.75) is 78.8 Å². The molecule has 3 unspecified atom stereocenters. The summed E-state index contributed by atoms with van der Waals surface area (Å²) >= 11 is 1.38. The Balaban J connectivity index is 0. The van der Waals surface area contributed by atoms with E-state index >= 15 is 0 Å². The molecule has 0 aromatic rings. The van der Waals surface area contributed by atoms with Gasteiger partial charge in [0, 0.05) is 18.7 Å². The molecule has 34 heavy (non-hydrogen) atoms. The summed E-state index contributed by atoms with van der Waals surface area (Å²) in [4.78, 5) is 47.7. The number of carbonyl (C=O) groups is 4. The van der Waals surface area contributed by atoms with Gasteiger partial charge in [-0.2, -0.15) is 0 Å². The molecule has 0 aromatic heterocycles. The molecule has 6 N–H and O–H groups in total. The molecule has 4 amide bonds. The first kappa shape index (κ1) is 34.0. The SMILES string of the molecule is CC.CCC(=N)C(=O)N[C@@H](CC)C(=O)N1CCCC1C(N)=O.CNC.CSNC(=O)C1CC1C. The molecule has 1 aliphatic heterocycles. The lowest BCUT2D eigenvalue weighted by atomic mass is 10.1. The molecule has 2 aliphatic rings. The Morgan fingerprint density at radius 2 is 1.71 bits per heavy atom. The maximum Gasteiger partial charge on any atom is 0.265 e. The van der Waals surface area contributed by atoms with Gasteiger partial charge >= 0.3 is 0 Å². The van der Waals surface area contributed by atoms with Gasteiger partial charge in [0.25, 0.3) is 5.91 Å². The number of primary amides is 1. The smallest absolute Gasteiger partial charge is 0.265 e. The minimum atomic E-state index is -0.714. The van der Waals surface area contributed by atoms with Crippen LogP contribution in [0, 0.1) is 17.2 Å². The van der Waals surface area contributed by atoms with Crippen LogP contribution in [-0.2, 0) is 19.2 Å². The van der Waals surface area contributed by atoms with Crippen LogP contribution < -0.4 is 21.1 Å². The van der Waals surface area contributed by atoms with Gasteiger partial charge in [0.2, 0.25) is 17.7 Å². The summed E-state index contributed by atoms with van der Waals surface area (Å²) in [7, 11) is 3.75. The van der Waals surface area contributed by atoms with Crippen LogP contribution in [-0.4, -0.2) is 73.2 Å². The van der Waals surface area contributed by atoms with Crippen molar-refractivity contribution in [2.75, 3.05) is 26.9 Å². The van der Waals surface area contributed by atoms with E-state index in [2.05, 4.69) is 22.3 Å². The van der Waals surface area contributed by atoms with Crippen molar-refractivity contribution in [1.29, 1.82) is 5.41 Å². The fourth-order valence-electron chi connectivity index (χ4n) is 3.13. The van der Waals surface area contributed by atoms with Gasteiger partial charge in [0.1, 0.15) is 12.1 Å². The average molecular weight is 503 g/mol. The molecule has 2 fully saturated rings. The number of nitrogens with zero attached hydrogens (tertiary/aromatic N) is 1. The second-order valence-corrected chi connectivity index (χ2v) is 8.46. The first-order chi connectivity index (χ1) is 16.1. The fourth-order valence-corrected chi connectivity index (χ4v) is 3.49. The van der Waals surface area contributed by atoms with Gasteiger partial charge in [-0.05, 0) is 52.1 Å². The van der Waals surface area contributed by atoms with Crippen molar-refractivity contribution in [1.82, 2.24) is 20.3 Å². The summed E-state index contributed by atoms with van der Waals surface area (Å²) in [5.41, 5.74) is 5.22. The lowest BCUT2D eigenvalue weighted by Gasteiger charge is -2.27. The Morgan fingerprint density at radius 1 is 1.18 bits per heavy atom. The Kier molecular flexibility index (Phi) is 19.2. The third kappa shape index (κ3) is 12.4. The Bertz CT molecular complexity index is 661. The molecular weight excluding hydrogens is 456 g/mol. The number of likely N-dealkylation sites (tertiary alicyclic amines) is 1. The largest absolute Gasteiger partial charge is 0.368 e. The van der Waals surface area contributed by atoms with E-state index in [0.29, 0.717) is 37.6 Å². The first-order valence-corrected chi connectivity index (χ1v) is 13.2. The summed E-state index contributed by atoms with van der Waals surface area (Å²) in [6.07, 6.45) is 4.95. The Hall–Kier alpha value is -2.14. The molecule has 1 heterocycles. The fraction of sp³-hybridized carbons (Fsp3) is 0.783. The molecule has 0 radical (unpaired) electrons. The monoisotopic (exact) mass is 502 g/mol. The number of nitrogens with one attached hydrogen (secondary N) is 4. The van der Waals surface area contributed by atoms with E-state index in [-0.39, 0.29) is 17.5 Å². The highest BCUT2D eigenvalue weighted by molar-refractivity contribution is 7.97. The normalized spacial score (nSPS) is 20.6. The third-order valence-electron chi connectivity index (χ3n) is 5.15. The zero-order valence-electron chi connectivity index (χ0n) is 22.1. The highest BCUT2D eigenvalue weighted by Crippen LogP contribution is 2.37. The van der Waals surface area contributed by atoms with Crippen LogP contribution in [0.3, 0.4) is 0 Å². The summed E-state index contributed by atoms with van der Waals surface area (Å²) in [5, 5.41) is 12.8. The lowest BCUT2D eigenvalue weighted by Crippen LogP contribution is -2.53. The number of hydrogen-bond donors (Lipinski definition) is 5. The zero-order chi connectivity index (χ0) is 26.8. The Labute approximate surface area is 209 Å². The number of hydrogen-bond acceptors (Lipinski definition) is 7. The molecule has 0 aromatic carbocycles. The maximum absolute atomic E-state index is 12.4. The molecule has 4 atom stereocenters. The summed E-state index contributed by atoms with van der Waals surface area (Å²) < 4.78 is 2.72. The predicted octanol–water partition coefficient (Wildman–Crippen LogP) is 1.69. The molecule has 11 heteroatoms. The van der Waals surface area contributed by atoms with Crippen molar-refractivity contribution in [3.8, 4) is 0 Å². The van der Waals surface area contributed by atoms with E-state index in [0.717, 1.165) is 12.8 Å². The van der Waals surface area contributed by atoms with E-state index in [1.165, 1.54) is 16.8 Å². The second kappa shape index (κ2) is 19.2. The van der Waals surface area contributed by atoms with Crippen molar-refractivity contribution in [2.24, 2.45) is 17.6 Å². The summed E-state index contributed by atoms with van der Waals surface area (Å²) in [6, 6.07) is -1.30. The van der Waals surface area contributed by atoms with Crippen LogP contribution in [0.4, 0.5) is 0 Å². The predicted molar refractivity (Wildman–Crippen MR) is 139 cm³/mol. The van der Waals surface area contributed by atoms with Gasteiger partial charge in [0.15, 0.2) is 0 Å². The standard InChI is InChI=1S/C13H22N4O3.C6H11NOS.C2H7N.C2H6/c1-3-8(14)12(19)16-9(4-2)13(20)17-7-5-6-10(17)11(15)18;1-4-3-5(4)6(8)7-9-2;1-3-2;1-2/h9-10,14H,3-7H2,1-2H3,(H2,15,18)(H,16,19);4-5H,3H2,1-2H3,(H,7,8);3H,1-2H3;1-2H3/t9-,10?;;;/m0.../s1. The van der Waals surface area contributed by atoms with Gasteiger partial charge in [-0.3, -0.25) is 24.6 Å². The molecular formula is C23H46N6O4S. The highest BCUT2D eigenvalue weighted by atomic mass is 32.2. The summed E-state index contributed by atoms with van der Waals surface area (Å²) in [5.74, 6) is -0.212. The summed E-state index contributed by atoms with van der Waals surface area (Å²) in [6.45, 7) is 10.1. The van der Waals surface area contributed by atoms with Crippen molar-refractivity contribution < 1.29 is 19.2 Å². The van der Waals surface area contributed by atoms with Gasteiger partial charge in [0.05, 0.1) is 5.71 Å². The van der Waals surface area contributed by atoms with Gasteiger partial charge in [-0.1, -0.05) is 46.6 Å². The molecule has 0 bridgehead atoms. The van der Waals surface area contributed by atoms with Gasteiger partial charge < -0.3 is 26.0 Å². The first-order valence-electron chi connectivity index (χ1n) is 12.0. The van der Waals surface area contributed by atoms with Gasteiger partial charge in [-0.25, -0.2) is 0 Å². The van der Waals surface area contributed by atoms with Crippen molar-refractivity contribution >= 4 is 41.3 Å². The van der Waals surface area contributed by atoms with E-state index in [1.807, 2.05) is 34.2 Å². The number of amides is 4. The molecule has 2 rings (SSSR count). The topological polar surface area (TPSA) is 157 Å². The average Bonchev–Trinajstić information content (AvgIpc) is 3.35. The zero-order valence-corrected chi connectivity index (χ0v) is 22.9. The number of carbonyl (C=O) groups excluding carboxylic acids is 4. The van der Waals surface area contributed by atoms with E-state index in [9.17, 15) is 19.2 Å². The molecule has 10 nitrogen and oxygen atoms in total. The van der Waals surface area contributed by atoms with E-state index in [4.69, 9.17) is 11.1 Å².